The van der Waals surface area contributed by atoms with Crippen LogP contribution in [0.5, 0.6) is 11.5 Å². The second-order valence-corrected chi connectivity index (χ2v) is 8.90. The first kappa shape index (κ1) is 20.3. The molecule has 10 heteroatoms. The van der Waals surface area contributed by atoms with E-state index in [1.807, 2.05) is 12.1 Å². The van der Waals surface area contributed by atoms with Crippen LogP contribution < -0.4 is 14.4 Å². The highest BCUT2D eigenvalue weighted by Gasteiger charge is 2.35. The Balaban J connectivity index is 1.59. The van der Waals surface area contributed by atoms with Crippen molar-refractivity contribution in [3.63, 3.8) is 0 Å². The van der Waals surface area contributed by atoms with Crippen LogP contribution >= 0.6 is 23.6 Å². The molecule has 0 unspecified atom stereocenters. The Morgan fingerprint density at radius 2 is 2.03 bits per heavy atom. The molecule has 1 amide bonds. The Hall–Kier alpha value is -2.01. The van der Waals surface area contributed by atoms with Gasteiger partial charge in [-0.2, -0.15) is 0 Å². The number of fused-ring (bicyclic) bond motifs is 1. The van der Waals surface area contributed by atoms with Gasteiger partial charge in [-0.25, -0.2) is 4.68 Å². The van der Waals surface area contributed by atoms with Crippen molar-refractivity contribution in [3.8, 4) is 11.5 Å². The summed E-state index contributed by atoms with van der Waals surface area (Å²) in [5.74, 6) is 1.35. The number of nitrogens with zero attached hydrogens (tertiary/aromatic N) is 4. The lowest BCUT2D eigenvalue weighted by Gasteiger charge is -2.33. The highest BCUT2D eigenvalue weighted by molar-refractivity contribution is 7.73. The Labute approximate surface area is 178 Å². The van der Waals surface area contributed by atoms with E-state index in [1.165, 1.54) is 11.3 Å². The highest BCUT2D eigenvalue weighted by Crippen LogP contribution is 2.39. The number of aliphatic hydroxyl groups excluding tert-OH is 1. The zero-order valence-electron chi connectivity index (χ0n) is 16.6. The van der Waals surface area contributed by atoms with E-state index in [9.17, 15) is 9.90 Å². The number of aliphatic hydroxyl groups is 1. The first-order chi connectivity index (χ1) is 13.9. The molecule has 2 heterocycles. The minimum atomic E-state index is -0.712. The molecule has 0 spiro atoms. The van der Waals surface area contributed by atoms with Gasteiger partial charge in [0.05, 0.1) is 27.0 Å². The van der Waals surface area contributed by atoms with Crippen molar-refractivity contribution in [2.75, 3.05) is 25.7 Å². The first-order valence-corrected chi connectivity index (χ1v) is 10.7. The zero-order chi connectivity index (χ0) is 20.7. The van der Waals surface area contributed by atoms with Crippen molar-refractivity contribution >= 4 is 34.6 Å². The van der Waals surface area contributed by atoms with E-state index in [0.717, 1.165) is 24.0 Å². The van der Waals surface area contributed by atoms with Crippen LogP contribution in [-0.4, -0.2) is 52.5 Å². The maximum absolute atomic E-state index is 12.0. The van der Waals surface area contributed by atoms with Crippen LogP contribution in [0.2, 0.25) is 0 Å². The smallest absolute Gasteiger partial charge is 0.225 e. The number of hydrogen-bond acceptors (Lipinski definition) is 8. The van der Waals surface area contributed by atoms with Gasteiger partial charge < -0.3 is 14.6 Å². The van der Waals surface area contributed by atoms with Crippen molar-refractivity contribution in [2.24, 2.45) is 0 Å². The molecule has 2 aromatic rings. The minimum absolute atomic E-state index is 0.0115. The lowest BCUT2D eigenvalue weighted by Crippen LogP contribution is -2.36. The van der Waals surface area contributed by atoms with Gasteiger partial charge >= 0.3 is 0 Å². The molecule has 1 aromatic carbocycles. The van der Waals surface area contributed by atoms with Gasteiger partial charge in [0.25, 0.3) is 0 Å². The van der Waals surface area contributed by atoms with Gasteiger partial charge in [0.1, 0.15) is 11.5 Å². The molecule has 4 rings (SSSR count). The Morgan fingerprint density at radius 3 is 2.66 bits per heavy atom. The van der Waals surface area contributed by atoms with Crippen molar-refractivity contribution in [2.45, 2.75) is 45.1 Å². The number of carbonyl (C=O) groups excluding carboxylic acids is 1. The largest absolute Gasteiger partial charge is 0.496 e. The van der Waals surface area contributed by atoms with Crippen LogP contribution in [0.25, 0.3) is 0 Å². The molecule has 1 atom stereocenters. The van der Waals surface area contributed by atoms with E-state index in [1.54, 1.807) is 30.7 Å². The van der Waals surface area contributed by atoms with E-state index in [2.05, 4.69) is 10.00 Å². The average Bonchev–Trinajstić information content (AvgIpc) is 3.44. The molecule has 0 saturated heterocycles. The molecule has 2 aliphatic rings. The monoisotopic (exact) mass is 436 g/mol. The summed E-state index contributed by atoms with van der Waals surface area (Å²) in [4.78, 5) is 15.8. The molecule has 1 aliphatic carbocycles. The lowest BCUT2D eigenvalue weighted by atomic mass is 9.95. The molecular formula is C19H24N4O4S2. The van der Waals surface area contributed by atoms with E-state index in [0.29, 0.717) is 40.3 Å². The topological polar surface area (TPSA) is 80.1 Å². The molecule has 156 valence electrons. The number of methoxy groups -OCH3 is 2. The third kappa shape index (κ3) is 3.89. The standard InChI is InChI=1S/C19H24N4O4S2/c1-11(24)23(12-4-5-12)18-20-22(19(28)29-18)10-21-8-13-15(26-2)6-7-16(27-3)17(13)14(25)9-21/h6-7,12,14,25H,4-5,8-10H2,1-3H3/t14-/m1/s1. The lowest BCUT2D eigenvalue weighted by molar-refractivity contribution is -0.116. The molecular weight excluding hydrogens is 412 g/mol. The normalized spacial score (nSPS) is 19.0. The number of amides is 1. The maximum atomic E-state index is 12.0. The first-order valence-electron chi connectivity index (χ1n) is 9.44. The summed E-state index contributed by atoms with van der Waals surface area (Å²) in [7, 11) is 3.21. The summed E-state index contributed by atoms with van der Waals surface area (Å²) in [5, 5.41) is 16.0. The van der Waals surface area contributed by atoms with Crippen molar-refractivity contribution in [1.29, 1.82) is 0 Å². The van der Waals surface area contributed by atoms with Crippen molar-refractivity contribution in [3.05, 3.63) is 27.2 Å². The summed E-state index contributed by atoms with van der Waals surface area (Å²) in [5.41, 5.74) is 1.66. The summed E-state index contributed by atoms with van der Waals surface area (Å²) in [6.07, 6.45) is 1.29. The van der Waals surface area contributed by atoms with Gasteiger partial charge in [0.15, 0.2) is 3.95 Å². The molecule has 29 heavy (non-hydrogen) atoms. The Morgan fingerprint density at radius 1 is 1.34 bits per heavy atom. The predicted molar refractivity (Wildman–Crippen MR) is 112 cm³/mol. The SMILES string of the molecule is COc1ccc(OC)c2c1CN(Cn1nc(N(C(C)=O)C3CC3)sc1=S)C[C@H]2O. The molecule has 1 fully saturated rings. The van der Waals surface area contributed by atoms with Gasteiger partial charge in [-0.15, -0.1) is 5.10 Å². The minimum Gasteiger partial charge on any atom is -0.496 e. The van der Waals surface area contributed by atoms with Crippen LogP contribution in [0.3, 0.4) is 0 Å². The van der Waals surface area contributed by atoms with Crippen molar-refractivity contribution < 1.29 is 19.4 Å². The van der Waals surface area contributed by atoms with E-state index in [4.69, 9.17) is 21.7 Å². The second kappa shape index (κ2) is 8.02. The molecule has 1 aromatic heterocycles. The van der Waals surface area contributed by atoms with E-state index >= 15 is 0 Å². The fourth-order valence-corrected chi connectivity index (χ4v) is 5.00. The van der Waals surface area contributed by atoms with Crippen LogP contribution in [0.15, 0.2) is 12.1 Å². The third-order valence-electron chi connectivity index (χ3n) is 5.25. The number of rotatable bonds is 6. The zero-order valence-corrected chi connectivity index (χ0v) is 18.3. The van der Waals surface area contributed by atoms with Gasteiger partial charge in [-0.05, 0) is 37.2 Å². The van der Waals surface area contributed by atoms with Gasteiger partial charge in [0.2, 0.25) is 11.0 Å². The molecule has 8 nitrogen and oxygen atoms in total. The highest BCUT2D eigenvalue weighted by atomic mass is 32.1. The van der Waals surface area contributed by atoms with Gasteiger partial charge in [-0.1, -0.05) is 11.3 Å². The summed E-state index contributed by atoms with van der Waals surface area (Å²) < 4.78 is 13.3. The molecule has 0 radical (unpaired) electrons. The van der Waals surface area contributed by atoms with Crippen LogP contribution in [-0.2, 0) is 18.0 Å². The number of aromatic nitrogens is 2. The average molecular weight is 437 g/mol. The summed E-state index contributed by atoms with van der Waals surface area (Å²) in [6.45, 7) is 2.97. The van der Waals surface area contributed by atoms with Gasteiger partial charge in [0, 0.05) is 37.2 Å². The summed E-state index contributed by atoms with van der Waals surface area (Å²) in [6, 6.07) is 3.90. The summed E-state index contributed by atoms with van der Waals surface area (Å²) >= 11 is 6.84. The second-order valence-electron chi connectivity index (χ2n) is 7.30. The maximum Gasteiger partial charge on any atom is 0.225 e. The number of β-amino-alcohol motifs (C(OH)–C–C–N with tert-alkyl or cyclic N) is 1. The molecule has 1 N–H and O–H groups in total. The number of benzene rings is 1. The van der Waals surface area contributed by atoms with Gasteiger partial charge in [-0.3, -0.25) is 14.6 Å². The molecule has 0 bridgehead atoms. The van der Waals surface area contributed by atoms with E-state index < -0.39 is 6.10 Å². The molecule has 1 saturated carbocycles. The number of ether oxygens (including phenoxy) is 2. The fraction of sp³-hybridized carbons (Fsp3) is 0.526. The van der Waals surface area contributed by atoms with Crippen LogP contribution in [0.4, 0.5) is 5.13 Å². The Bertz CT molecular complexity index is 985. The van der Waals surface area contributed by atoms with Crippen LogP contribution in [0.1, 0.15) is 37.0 Å². The quantitative estimate of drug-likeness (QED) is 0.698. The number of carbonyl (C=O) groups is 1. The van der Waals surface area contributed by atoms with E-state index in [-0.39, 0.29) is 11.9 Å². The van der Waals surface area contributed by atoms with Crippen LogP contribution in [0, 0.1) is 3.95 Å². The third-order valence-corrected chi connectivity index (χ3v) is 6.55. The van der Waals surface area contributed by atoms with Crippen molar-refractivity contribution in [1.82, 2.24) is 14.7 Å². The number of hydrogen-bond donors (Lipinski definition) is 1. The number of anilines is 1. The molecule has 1 aliphatic heterocycles. The Kier molecular flexibility index (Phi) is 5.60. The fourth-order valence-electron chi connectivity index (χ4n) is 3.80. The predicted octanol–water partition coefficient (Wildman–Crippen LogP) is 2.71.